The predicted molar refractivity (Wildman–Crippen MR) is 174 cm³/mol. The molecule has 45 heavy (non-hydrogen) atoms. The molecular weight excluding hydrogens is 593 g/mol. The van der Waals surface area contributed by atoms with E-state index in [1.54, 1.807) is 0 Å². The maximum Gasteiger partial charge on any atom is 0.318 e. The van der Waals surface area contributed by atoms with E-state index in [9.17, 15) is 14.4 Å². The van der Waals surface area contributed by atoms with E-state index < -0.39 is 17.8 Å². The fraction of sp³-hybridized carbons (Fsp3) is 0.471. The van der Waals surface area contributed by atoms with Crippen LogP contribution in [0.3, 0.4) is 0 Å². The number of carbonyl (C=O) groups excluding carboxylic acids is 1. The summed E-state index contributed by atoms with van der Waals surface area (Å²) in [6, 6.07) is 14.5. The summed E-state index contributed by atoms with van der Waals surface area (Å²) in [7, 11) is 4.18. The van der Waals surface area contributed by atoms with Crippen molar-refractivity contribution in [2.75, 3.05) is 56.7 Å². The zero-order chi connectivity index (χ0) is 31.9. The average molecular weight is 632 g/mol. The molecule has 3 aromatic rings. The highest BCUT2D eigenvalue weighted by Gasteiger charge is 2.49. The highest BCUT2D eigenvalue weighted by Crippen LogP contribution is 2.50. The highest BCUT2D eigenvalue weighted by atomic mass is 35.5. The molecule has 2 aliphatic heterocycles. The first kappa shape index (κ1) is 31.1. The number of hydrogen-bond donors (Lipinski definition) is 0. The Morgan fingerprint density at radius 2 is 1.96 bits per heavy atom. The van der Waals surface area contributed by atoms with E-state index in [1.807, 2.05) is 18.2 Å². The first-order valence-electron chi connectivity index (χ1n) is 15.5. The van der Waals surface area contributed by atoms with Crippen LogP contribution in [0.25, 0.3) is 10.8 Å². The van der Waals surface area contributed by atoms with Crippen LogP contribution in [0.15, 0.2) is 48.8 Å². The molecule has 9 nitrogen and oxygen atoms in total. The van der Waals surface area contributed by atoms with Crippen LogP contribution in [0, 0.1) is 16.7 Å². The predicted octanol–water partition coefficient (Wildman–Crippen LogP) is 5.37. The van der Waals surface area contributed by atoms with Crippen LogP contribution in [0.2, 0.25) is 5.02 Å². The standard InChI is InChI=1S/C34H39ClFN7O2/c1-22(36)32(44)43-18-17-42(19-25(43)11-15-37)31-26-12-16-41(29-10-6-8-24-7-5-9-27(35)30(24)29)20-28(26)38-33(39-31)45-21-34(13-14-34)23(2)40(3)4/h5-10,23,25H,1,11-14,16-21H2,2-4H3/t23-,25+/m1/s1. The molecule has 0 unspecified atom stereocenters. The first-order chi connectivity index (χ1) is 21.6. The molecule has 1 saturated heterocycles. The van der Waals surface area contributed by atoms with Crippen molar-refractivity contribution in [3.63, 3.8) is 0 Å². The molecule has 2 atom stereocenters. The zero-order valence-corrected chi connectivity index (χ0v) is 26.9. The Bertz CT molecular complexity index is 1660. The molecule has 1 aliphatic carbocycles. The molecule has 11 heteroatoms. The number of benzene rings is 2. The van der Waals surface area contributed by atoms with E-state index in [0.29, 0.717) is 49.7 Å². The molecule has 2 fully saturated rings. The van der Waals surface area contributed by atoms with Crippen molar-refractivity contribution < 1.29 is 13.9 Å². The minimum absolute atomic E-state index is 0.0628. The number of aromatic nitrogens is 2. The number of nitrogens with zero attached hydrogens (tertiary/aromatic N) is 7. The highest BCUT2D eigenvalue weighted by molar-refractivity contribution is 6.36. The Balaban J connectivity index is 1.34. The Labute approximate surface area is 268 Å². The summed E-state index contributed by atoms with van der Waals surface area (Å²) in [5.41, 5.74) is 3.02. The molecule has 1 aromatic heterocycles. The van der Waals surface area contributed by atoms with Crippen molar-refractivity contribution >= 4 is 39.8 Å². The molecule has 1 amide bonds. The van der Waals surface area contributed by atoms with Gasteiger partial charge in [-0.05, 0) is 57.8 Å². The maximum absolute atomic E-state index is 13.8. The number of halogens is 2. The molecule has 1 saturated carbocycles. The van der Waals surface area contributed by atoms with Gasteiger partial charge in [0.1, 0.15) is 5.82 Å². The van der Waals surface area contributed by atoms with Gasteiger partial charge in [0.25, 0.3) is 5.91 Å². The number of fused-ring (bicyclic) bond motifs is 2. The molecule has 3 aliphatic rings. The third-order valence-electron chi connectivity index (χ3n) is 9.84. The first-order valence-corrected chi connectivity index (χ1v) is 15.9. The van der Waals surface area contributed by atoms with Crippen LogP contribution in [0.1, 0.15) is 37.4 Å². The van der Waals surface area contributed by atoms with Crippen molar-refractivity contribution in [3.05, 3.63) is 65.1 Å². The summed E-state index contributed by atoms with van der Waals surface area (Å²) < 4.78 is 20.3. The number of amides is 1. The molecule has 3 heterocycles. The van der Waals surface area contributed by atoms with Crippen molar-refractivity contribution in [2.24, 2.45) is 5.41 Å². The molecule has 0 spiro atoms. The topological polar surface area (TPSA) is 88.8 Å². The van der Waals surface area contributed by atoms with Gasteiger partial charge in [-0.1, -0.05) is 42.4 Å². The van der Waals surface area contributed by atoms with E-state index in [0.717, 1.165) is 52.9 Å². The van der Waals surface area contributed by atoms with Gasteiger partial charge in [-0.15, -0.1) is 0 Å². The summed E-state index contributed by atoms with van der Waals surface area (Å²) in [6.07, 6.45) is 2.94. The van der Waals surface area contributed by atoms with Crippen molar-refractivity contribution in [3.8, 4) is 12.1 Å². The lowest BCUT2D eigenvalue weighted by Gasteiger charge is -2.42. The number of nitriles is 1. The van der Waals surface area contributed by atoms with E-state index in [4.69, 9.17) is 26.3 Å². The number of piperazine rings is 1. The second kappa shape index (κ2) is 12.5. The van der Waals surface area contributed by atoms with Crippen molar-refractivity contribution in [1.29, 1.82) is 5.26 Å². The van der Waals surface area contributed by atoms with Crippen LogP contribution in [-0.2, 0) is 17.8 Å². The van der Waals surface area contributed by atoms with Crippen LogP contribution in [-0.4, -0.2) is 84.6 Å². The van der Waals surface area contributed by atoms with Crippen LogP contribution < -0.4 is 14.5 Å². The van der Waals surface area contributed by atoms with Gasteiger partial charge in [0.2, 0.25) is 0 Å². The van der Waals surface area contributed by atoms with Gasteiger partial charge in [0.15, 0.2) is 5.83 Å². The van der Waals surface area contributed by atoms with E-state index in [1.165, 1.54) is 4.90 Å². The lowest BCUT2D eigenvalue weighted by atomic mass is 9.98. The zero-order valence-electron chi connectivity index (χ0n) is 26.1. The Kier molecular flexibility index (Phi) is 8.59. The fourth-order valence-corrected chi connectivity index (χ4v) is 7.09. The molecule has 2 aromatic carbocycles. The molecule has 236 valence electrons. The molecule has 0 radical (unpaired) electrons. The summed E-state index contributed by atoms with van der Waals surface area (Å²) in [5.74, 6) is -1.03. The van der Waals surface area contributed by atoms with Gasteiger partial charge in [0, 0.05) is 54.3 Å². The summed E-state index contributed by atoms with van der Waals surface area (Å²) in [6.45, 7) is 8.26. The second-order valence-corrected chi connectivity index (χ2v) is 13.1. The number of carbonyl (C=O) groups is 1. The van der Waals surface area contributed by atoms with Crippen LogP contribution in [0.5, 0.6) is 6.01 Å². The quantitative estimate of drug-likeness (QED) is 0.291. The fourth-order valence-electron chi connectivity index (χ4n) is 6.81. The molecule has 6 rings (SSSR count). The maximum atomic E-state index is 13.8. The summed E-state index contributed by atoms with van der Waals surface area (Å²) >= 11 is 6.70. The van der Waals surface area contributed by atoms with Crippen LogP contribution >= 0.6 is 11.6 Å². The number of rotatable bonds is 9. The lowest BCUT2D eigenvalue weighted by Crippen LogP contribution is -2.55. The molecular formula is C34H39ClFN7O2. The van der Waals surface area contributed by atoms with Gasteiger partial charge in [-0.2, -0.15) is 15.2 Å². The smallest absolute Gasteiger partial charge is 0.318 e. The minimum Gasteiger partial charge on any atom is -0.463 e. The summed E-state index contributed by atoms with van der Waals surface area (Å²) in [5, 5.41) is 12.3. The van der Waals surface area contributed by atoms with Gasteiger partial charge in [-0.3, -0.25) is 4.79 Å². The summed E-state index contributed by atoms with van der Waals surface area (Å²) in [4.78, 5) is 30.5. The van der Waals surface area contributed by atoms with Gasteiger partial charge in [-0.25, -0.2) is 4.39 Å². The Morgan fingerprint density at radius 1 is 1.20 bits per heavy atom. The number of hydrogen-bond acceptors (Lipinski definition) is 8. The van der Waals surface area contributed by atoms with Crippen LogP contribution in [0.4, 0.5) is 15.9 Å². The third kappa shape index (κ3) is 6.03. The third-order valence-corrected chi connectivity index (χ3v) is 10.2. The van der Waals surface area contributed by atoms with E-state index >= 15 is 0 Å². The average Bonchev–Trinajstić information content (AvgIpc) is 3.83. The Morgan fingerprint density at radius 3 is 2.64 bits per heavy atom. The molecule has 0 N–H and O–H groups in total. The minimum atomic E-state index is -1.02. The number of anilines is 2. The van der Waals surface area contributed by atoms with Gasteiger partial charge >= 0.3 is 6.01 Å². The second-order valence-electron chi connectivity index (χ2n) is 12.7. The van der Waals surface area contributed by atoms with E-state index in [2.05, 4.69) is 66.6 Å². The number of ether oxygens (including phenoxy) is 1. The Hall–Kier alpha value is -3.94. The van der Waals surface area contributed by atoms with Crippen molar-refractivity contribution in [1.82, 2.24) is 19.8 Å². The van der Waals surface area contributed by atoms with Gasteiger partial charge < -0.3 is 24.3 Å². The SMILES string of the molecule is C=C(F)C(=O)N1CCN(c2nc(OCC3([C@@H](C)N(C)C)CC3)nc3c2CCN(c2cccc4cccc(Cl)c24)C3)C[C@@H]1CC#N. The lowest BCUT2D eigenvalue weighted by molar-refractivity contribution is -0.131. The van der Waals surface area contributed by atoms with Gasteiger partial charge in [0.05, 0.1) is 42.4 Å². The van der Waals surface area contributed by atoms with E-state index in [-0.39, 0.29) is 18.4 Å². The van der Waals surface area contributed by atoms with Crippen molar-refractivity contribution in [2.45, 2.75) is 51.2 Å². The largest absolute Gasteiger partial charge is 0.463 e. The normalized spacial score (nSPS) is 19.7. The monoisotopic (exact) mass is 631 g/mol. The molecule has 0 bridgehead atoms.